The van der Waals surface area contributed by atoms with Crippen LogP contribution in [0.1, 0.15) is 13.8 Å². The van der Waals surface area contributed by atoms with Gasteiger partial charge in [0.25, 0.3) is 0 Å². The van der Waals surface area contributed by atoms with Gasteiger partial charge in [-0.15, -0.1) is 0 Å². The molecule has 4 saturated heterocycles. The van der Waals surface area contributed by atoms with Gasteiger partial charge in [-0.25, -0.2) is 9.59 Å². The Balaban J connectivity index is 1.65. The number of hydrogen-bond acceptors (Lipinski definition) is 8. The standard InChI is InChI=1S/C16H24N6O8/c1-7(23)9(13(25)26)17-3-19-11-12-21(15(19)29)5-18(10(8(2)24)14(27)28)6-22(12)16(30)20(11)4-17/h7-12,23-24H,3-6H2,1-2H3,(H,25,26)(H,27,28). The molecular weight excluding hydrogens is 404 g/mol. The van der Waals surface area contributed by atoms with Crippen LogP contribution < -0.4 is 0 Å². The van der Waals surface area contributed by atoms with Crippen molar-refractivity contribution in [2.24, 2.45) is 0 Å². The van der Waals surface area contributed by atoms with E-state index in [4.69, 9.17) is 0 Å². The molecule has 0 aromatic rings. The molecule has 14 heteroatoms. The third kappa shape index (κ3) is 2.79. The normalized spacial score (nSPS) is 30.4. The molecule has 166 valence electrons. The molecule has 0 aromatic carbocycles. The van der Waals surface area contributed by atoms with Crippen molar-refractivity contribution in [3.8, 4) is 0 Å². The van der Waals surface area contributed by atoms with Crippen molar-refractivity contribution < 1.29 is 39.6 Å². The van der Waals surface area contributed by atoms with Crippen LogP contribution in [-0.2, 0) is 9.59 Å². The fraction of sp³-hybridized carbons (Fsp3) is 0.750. The topological polar surface area (TPSA) is 169 Å². The van der Waals surface area contributed by atoms with E-state index in [2.05, 4.69) is 0 Å². The molecule has 4 amide bonds. The van der Waals surface area contributed by atoms with Crippen LogP contribution >= 0.6 is 0 Å². The Morgan fingerprint density at radius 1 is 0.733 bits per heavy atom. The van der Waals surface area contributed by atoms with Crippen molar-refractivity contribution in [3.63, 3.8) is 0 Å². The van der Waals surface area contributed by atoms with Crippen LogP contribution in [0.15, 0.2) is 0 Å². The first-order valence-electron chi connectivity index (χ1n) is 9.49. The average Bonchev–Trinajstić information content (AvgIpc) is 3.07. The number of carbonyl (C=O) groups is 4. The van der Waals surface area contributed by atoms with Gasteiger partial charge in [-0.2, -0.15) is 0 Å². The van der Waals surface area contributed by atoms with Gasteiger partial charge in [0.1, 0.15) is 12.1 Å². The molecule has 14 nitrogen and oxygen atoms in total. The summed E-state index contributed by atoms with van der Waals surface area (Å²) >= 11 is 0. The van der Waals surface area contributed by atoms with Crippen LogP contribution in [0.4, 0.5) is 9.59 Å². The summed E-state index contributed by atoms with van der Waals surface area (Å²) in [6.45, 7) is 2.24. The van der Waals surface area contributed by atoms with E-state index in [1.165, 1.54) is 43.2 Å². The lowest BCUT2D eigenvalue weighted by Gasteiger charge is -2.45. The molecule has 4 N–H and O–H groups in total. The molecule has 0 saturated carbocycles. The third-order valence-electron chi connectivity index (χ3n) is 6.07. The summed E-state index contributed by atoms with van der Waals surface area (Å²) in [5.74, 6) is -2.54. The van der Waals surface area contributed by atoms with E-state index in [0.717, 1.165) is 0 Å². The predicted octanol–water partition coefficient (Wildman–Crippen LogP) is -2.76. The van der Waals surface area contributed by atoms with Crippen LogP contribution in [0.5, 0.6) is 0 Å². The first-order chi connectivity index (χ1) is 14.0. The zero-order valence-corrected chi connectivity index (χ0v) is 16.4. The van der Waals surface area contributed by atoms with E-state index in [1.807, 2.05) is 0 Å². The van der Waals surface area contributed by atoms with Crippen LogP contribution in [0.25, 0.3) is 0 Å². The average molecular weight is 428 g/mol. The van der Waals surface area contributed by atoms with Crippen molar-refractivity contribution >= 4 is 24.0 Å². The maximum absolute atomic E-state index is 13.1. The Labute approximate surface area is 171 Å². The lowest BCUT2D eigenvalue weighted by atomic mass is 10.1. The Morgan fingerprint density at radius 2 is 1.00 bits per heavy atom. The molecule has 4 atom stereocenters. The highest BCUT2D eigenvalue weighted by Crippen LogP contribution is 2.40. The molecular formula is C16H24N6O8. The molecule has 0 radical (unpaired) electrons. The zero-order chi connectivity index (χ0) is 22.1. The summed E-state index contributed by atoms with van der Waals surface area (Å²) in [4.78, 5) is 57.5. The second kappa shape index (κ2) is 6.94. The summed E-state index contributed by atoms with van der Waals surface area (Å²) < 4.78 is 0. The van der Waals surface area contributed by atoms with E-state index in [0.29, 0.717) is 0 Å². The largest absolute Gasteiger partial charge is 0.480 e. The lowest BCUT2D eigenvalue weighted by Crippen LogP contribution is -2.65. The van der Waals surface area contributed by atoms with E-state index < -0.39 is 60.6 Å². The van der Waals surface area contributed by atoms with Crippen LogP contribution in [0, 0.1) is 0 Å². The molecule has 4 aliphatic rings. The molecule has 0 aliphatic carbocycles. The molecule has 4 unspecified atom stereocenters. The number of amides is 4. The Morgan fingerprint density at radius 3 is 1.20 bits per heavy atom. The van der Waals surface area contributed by atoms with Gasteiger partial charge >= 0.3 is 24.0 Å². The molecule has 4 fully saturated rings. The lowest BCUT2D eigenvalue weighted by molar-refractivity contribution is -0.155. The van der Waals surface area contributed by atoms with Gasteiger partial charge in [0.05, 0.1) is 38.9 Å². The highest BCUT2D eigenvalue weighted by atomic mass is 16.4. The number of nitrogens with zero attached hydrogens (tertiary/aromatic N) is 6. The summed E-state index contributed by atoms with van der Waals surface area (Å²) in [5, 5.41) is 38.8. The van der Waals surface area contributed by atoms with E-state index >= 15 is 0 Å². The second-order valence-electron chi connectivity index (χ2n) is 8.06. The summed E-state index contributed by atoms with van der Waals surface area (Å²) in [6, 6.07) is -3.57. The molecule has 4 aliphatic heterocycles. The zero-order valence-electron chi connectivity index (χ0n) is 16.4. The number of rotatable bonds is 6. The van der Waals surface area contributed by atoms with Gasteiger partial charge in [0.2, 0.25) is 0 Å². The first kappa shape index (κ1) is 20.6. The van der Waals surface area contributed by atoms with Gasteiger partial charge in [-0.05, 0) is 13.8 Å². The molecule has 0 spiro atoms. The van der Waals surface area contributed by atoms with Crippen molar-refractivity contribution in [1.82, 2.24) is 29.4 Å². The number of aliphatic hydroxyl groups is 2. The van der Waals surface area contributed by atoms with Crippen LogP contribution in [-0.4, -0.2) is 137 Å². The Kier molecular flexibility index (Phi) is 4.76. The number of carboxylic acids is 2. The third-order valence-corrected chi connectivity index (χ3v) is 6.07. The number of aliphatic carboxylic acids is 2. The fourth-order valence-electron chi connectivity index (χ4n) is 4.90. The molecule has 4 rings (SSSR count). The van der Waals surface area contributed by atoms with Crippen molar-refractivity contribution in [2.75, 3.05) is 26.7 Å². The molecule has 0 aromatic heterocycles. The monoisotopic (exact) mass is 428 g/mol. The highest BCUT2D eigenvalue weighted by molar-refractivity contribution is 5.86. The van der Waals surface area contributed by atoms with Gasteiger partial charge in [-0.3, -0.25) is 39.0 Å². The number of carbonyl (C=O) groups excluding carboxylic acids is 2. The summed E-state index contributed by atoms with van der Waals surface area (Å²) in [7, 11) is 0. The van der Waals surface area contributed by atoms with E-state index in [1.54, 1.807) is 0 Å². The minimum absolute atomic E-state index is 0.102. The fourth-order valence-corrected chi connectivity index (χ4v) is 4.90. The number of urea groups is 2. The maximum atomic E-state index is 13.1. The van der Waals surface area contributed by atoms with Crippen LogP contribution in [0.3, 0.4) is 0 Å². The molecule has 0 bridgehead atoms. The maximum Gasteiger partial charge on any atom is 0.325 e. The quantitative estimate of drug-likeness (QED) is 0.348. The van der Waals surface area contributed by atoms with Gasteiger partial charge in [-0.1, -0.05) is 0 Å². The minimum Gasteiger partial charge on any atom is -0.480 e. The van der Waals surface area contributed by atoms with Crippen LogP contribution in [0.2, 0.25) is 0 Å². The molecule has 30 heavy (non-hydrogen) atoms. The first-order valence-corrected chi connectivity index (χ1v) is 9.49. The molecule has 4 heterocycles. The SMILES string of the molecule is CC(O)C(C(=O)O)N1CN2C(=O)N3CN(C(C(=O)O)C(C)O)CN4C(=O)N(C1)C2C34. The van der Waals surface area contributed by atoms with Crippen molar-refractivity contribution in [3.05, 3.63) is 0 Å². The van der Waals surface area contributed by atoms with Gasteiger partial charge in [0, 0.05) is 0 Å². The smallest absolute Gasteiger partial charge is 0.325 e. The Hall–Kier alpha value is -2.68. The summed E-state index contributed by atoms with van der Waals surface area (Å²) in [5.41, 5.74) is 0. The van der Waals surface area contributed by atoms with Gasteiger partial charge < -0.3 is 20.4 Å². The number of carboxylic acid groups (broad SMARTS) is 2. The van der Waals surface area contributed by atoms with E-state index in [9.17, 15) is 39.6 Å². The highest BCUT2D eigenvalue weighted by Gasteiger charge is 2.64. The Bertz CT molecular complexity index is 696. The van der Waals surface area contributed by atoms with Gasteiger partial charge in [0.15, 0.2) is 12.3 Å². The minimum atomic E-state index is -1.31. The van der Waals surface area contributed by atoms with Crippen molar-refractivity contribution in [2.45, 2.75) is 50.5 Å². The predicted molar refractivity (Wildman–Crippen MR) is 95.1 cm³/mol. The number of aliphatic hydroxyl groups excluding tert-OH is 2. The number of hydrogen-bond donors (Lipinski definition) is 4. The van der Waals surface area contributed by atoms with E-state index in [-0.39, 0.29) is 26.7 Å². The second-order valence-corrected chi connectivity index (χ2v) is 8.06. The summed E-state index contributed by atoms with van der Waals surface area (Å²) in [6.07, 6.45) is -3.74. The van der Waals surface area contributed by atoms with Crippen molar-refractivity contribution in [1.29, 1.82) is 0 Å².